The van der Waals surface area contributed by atoms with Gasteiger partial charge in [-0.25, -0.2) is 9.38 Å². The molecule has 0 fully saturated rings. The van der Waals surface area contributed by atoms with Crippen LogP contribution < -0.4 is 10.6 Å². The molecule has 0 amide bonds. The summed E-state index contributed by atoms with van der Waals surface area (Å²) in [6, 6.07) is 8.50. The van der Waals surface area contributed by atoms with E-state index >= 15 is 0 Å². The van der Waals surface area contributed by atoms with Crippen molar-refractivity contribution in [2.45, 2.75) is 26.2 Å². The van der Waals surface area contributed by atoms with Crippen LogP contribution >= 0.6 is 24.0 Å². The number of nitrogens with zero attached hydrogens (tertiary/aromatic N) is 2. The number of guanidine groups is 1. The van der Waals surface area contributed by atoms with Crippen molar-refractivity contribution in [2.75, 3.05) is 6.54 Å². The third-order valence-electron chi connectivity index (χ3n) is 3.76. The normalized spacial score (nSPS) is 11.6. The Morgan fingerprint density at radius 2 is 1.83 bits per heavy atom. The Hall–Kier alpha value is -2.44. The predicted molar refractivity (Wildman–Crippen MR) is 112 cm³/mol. The lowest BCUT2D eigenvalue weighted by Gasteiger charge is -2.15. The van der Waals surface area contributed by atoms with Crippen molar-refractivity contribution < 1.29 is 22.5 Å². The van der Waals surface area contributed by atoms with Gasteiger partial charge < -0.3 is 10.6 Å². The Bertz CT molecular complexity index is 875. The van der Waals surface area contributed by atoms with E-state index < -0.39 is 22.5 Å². The molecule has 2 N–H and O–H groups in total. The Morgan fingerprint density at radius 1 is 1.14 bits per heavy atom. The lowest BCUT2D eigenvalue weighted by atomic mass is 10.1. The van der Waals surface area contributed by atoms with Crippen molar-refractivity contribution in [1.82, 2.24) is 10.6 Å². The first kappa shape index (κ1) is 24.6. The van der Waals surface area contributed by atoms with E-state index in [2.05, 4.69) is 15.6 Å². The molecule has 29 heavy (non-hydrogen) atoms. The zero-order chi connectivity index (χ0) is 20.7. The zero-order valence-electron chi connectivity index (χ0n) is 15.3. The first-order chi connectivity index (χ1) is 13.2. The van der Waals surface area contributed by atoms with Gasteiger partial charge in [0.15, 0.2) is 5.96 Å². The number of hydrogen-bond donors (Lipinski definition) is 2. The SMILES string of the molecule is CCNC(=NCc1ccccc1[N+](=O)[O-])NCc1ccc(F)cc1C(F)(F)F.I. The van der Waals surface area contributed by atoms with E-state index in [1.54, 1.807) is 19.1 Å². The Kier molecular flexibility index (Phi) is 9.27. The molecule has 158 valence electrons. The van der Waals surface area contributed by atoms with Gasteiger partial charge in [0.25, 0.3) is 5.69 Å². The van der Waals surface area contributed by atoms with Crippen LogP contribution in [0.5, 0.6) is 0 Å². The van der Waals surface area contributed by atoms with E-state index in [0.29, 0.717) is 18.2 Å². The Morgan fingerprint density at radius 3 is 2.45 bits per heavy atom. The Balaban J connectivity index is 0.00000420. The smallest absolute Gasteiger partial charge is 0.357 e. The van der Waals surface area contributed by atoms with Gasteiger partial charge in [0, 0.05) is 19.2 Å². The van der Waals surface area contributed by atoms with Crippen LogP contribution in [0.3, 0.4) is 0 Å². The van der Waals surface area contributed by atoms with E-state index in [1.165, 1.54) is 12.1 Å². The highest BCUT2D eigenvalue weighted by Crippen LogP contribution is 2.32. The van der Waals surface area contributed by atoms with Gasteiger partial charge in [-0.1, -0.05) is 24.3 Å². The maximum absolute atomic E-state index is 13.2. The van der Waals surface area contributed by atoms with E-state index in [0.717, 1.165) is 12.1 Å². The topological polar surface area (TPSA) is 79.6 Å². The highest BCUT2D eigenvalue weighted by molar-refractivity contribution is 14.0. The van der Waals surface area contributed by atoms with Gasteiger partial charge in [-0.15, -0.1) is 24.0 Å². The van der Waals surface area contributed by atoms with Gasteiger partial charge in [-0.05, 0) is 24.6 Å². The van der Waals surface area contributed by atoms with Crippen molar-refractivity contribution in [1.29, 1.82) is 0 Å². The summed E-state index contributed by atoms with van der Waals surface area (Å²) < 4.78 is 52.5. The number of para-hydroxylation sites is 1. The second-order valence-corrected chi connectivity index (χ2v) is 5.73. The summed E-state index contributed by atoms with van der Waals surface area (Å²) in [4.78, 5) is 14.7. The number of nitro benzene ring substituents is 1. The summed E-state index contributed by atoms with van der Waals surface area (Å²) in [5.41, 5.74) is -0.956. The van der Waals surface area contributed by atoms with Crippen molar-refractivity contribution in [3.05, 3.63) is 75.1 Å². The summed E-state index contributed by atoms with van der Waals surface area (Å²) in [7, 11) is 0. The lowest BCUT2D eigenvalue weighted by molar-refractivity contribution is -0.385. The minimum atomic E-state index is -4.70. The molecule has 6 nitrogen and oxygen atoms in total. The number of nitro groups is 1. The lowest BCUT2D eigenvalue weighted by Crippen LogP contribution is -2.37. The fourth-order valence-electron chi connectivity index (χ4n) is 2.47. The summed E-state index contributed by atoms with van der Waals surface area (Å²) in [6.45, 7) is 1.90. The molecule has 0 atom stereocenters. The molecule has 0 heterocycles. The average molecular weight is 526 g/mol. The highest BCUT2D eigenvalue weighted by Gasteiger charge is 2.33. The minimum Gasteiger partial charge on any atom is -0.357 e. The molecule has 0 aliphatic carbocycles. The molecule has 2 aromatic rings. The molecule has 0 bridgehead atoms. The third kappa shape index (κ3) is 7.15. The number of aliphatic imine (C=N–C) groups is 1. The molecule has 11 heteroatoms. The van der Waals surface area contributed by atoms with Crippen molar-refractivity contribution in [3.8, 4) is 0 Å². The van der Waals surface area contributed by atoms with Crippen molar-refractivity contribution >= 4 is 35.6 Å². The van der Waals surface area contributed by atoms with Crippen LogP contribution in [0.4, 0.5) is 23.2 Å². The second-order valence-electron chi connectivity index (χ2n) is 5.73. The fourth-order valence-corrected chi connectivity index (χ4v) is 2.47. The molecule has 2 aromatic carbocycles. The number of benzene rings is 2. The molecular weight excluding hydrogens is 507 g/mol. The maximum Gasteiger partial charge on any atom is 0.416 e. The molecule has 0 saturated carbocycles. The van der Waals surface area contributed by atoms with E-state index in [4.69, 9.17) is 0 Å². The molecule has 0 spiro atoms. The number of alkyl halides is 3. The third-order valence-corrected chi connectivity index (χ3v) is 3.76. The maximum atomic E-state index is 13.2. The molecule has 0 aromatic heterocycles. The largest absolute Gasteiger partial charge is 0.416 e. The van der Waals surface area contributed by atoms with Crippen LogP contribution in [0.15, 0.2) is 47.5 Å². The van der Waals surface area contributed by atoms with Gasteiger partial charge >= 0.3 is 6.18 Å². The summed E-state index contributed by atoms with van der Waals surface area (Å²) in [6.07, 6.45) is -4.70. The van der Waals surface area contributed by atoms with Crippen LogP contribution in [0.1, 0.15) is 23.6 Å². The van der Waals surface area contributed by atoms with Crippen molar-refractivity contribution in [2.24, 2.45) is 4.99 Å². The molecular formula is C18H19F4IN4O2. The number of halogens is 5. The van der Waals surface area contributed by atoms with E-state index in [-0.39, 0.29) is 54.3 Å². The number of hydrogen-bond acceptors (Lipinski definition) is 3. The molecule has 0 aliphatic rings. The van der Waals surface area contributed by atoms with Gasteiger partial charge in [0.1, 0.15) is 5.82 Å². The summed E-state index contributed by atoms with van der Waals surface area (Å²) in [5, 5.41) is 16.6. The van der Waals surface area contributed by atoms with Gasteiger partial charge in [-0.3, -0.25) is 10.1 Å². The Labute approximate surface area is 181 Å². The standard InChI is InChI=1S/C18H18F4N4O2.HI/c1-2-23-17(25-11-13-5-3-4-6-16(13)26(27)28)24-10-12-7-8-14(19)9-15(12)18(20,21)22;/h3-9H,2,10-11H2,1H3,(H2,23,24,25);1H. The minimum absolute atomic E-state index is 0. The van der Waals surface area contributed by atoms with Gasteiger partial charge in [0.05, 0.1) is 22.6 Å². The average Bonchev–Trinajstić information content (AvgIpc) is 2.64. The monoisotopic (exact) mass is 526 g/mol. The van der Waals surface area contributed by atoms with Crippen LogP contribution in [0, 0.1) is 15.9 Å². The fraction of sp³-hybridized carbons (Fsp3) is 0.278. The molecule has 0 aliphatic heterocycles. The number of rotatable bonds is 6. The van der Waals surface area contributed by atoms with E-state index in [9.17, 15) is 27.7 Å². The van der Waals surface area contributed by atoms with Crippen LogP contribution in [0.2, 0.25) is 0 Å². The molecule has 0 saturated heterocycles. The second kappa shape index (κ2) is 10.9. The summed E-state index contributed by atoms with van der Waals surface area (Å²) >= 11 is 0. The predicted octanol–water partition coefficient (Wildman–Crippen LogP) is 4.63. The number of nitrogens with one attached hydrogen (secondary N) is 2. The molecule has 0 radical (unpaired) electrons. The first-order valence-corrected chi connectivity index (χ1v) is 8.32. The first-order valence-electron chi connectivity index (χ1n) is 8.32. The highest BCUT2D eigenvalue weighted by atomic mass is 127. The van der Waals surface area contributed by atoms with Gasteiger partial charge in [0.2, 0.25) is 0 Å². The van der Waals surface area contributed by atoms with Crippen molar-refractivity contribution in [3.63, 3.8) is 0 Å². The summed E-state index contributed by atoms with van der Waals surface area (Å²) in [5.74, 6) is -0.800. The molecule has 0 unspecified atom stereocenters. The van der Waals surface area contributed by atoms with Crippen LogP contribution in [0.25, 0.3) is 0 Å². The zero-order valence-corrected chi connectivity index (χ0v) is 17.6. The van der Waals surface area contributed by atoms with Crippen LogP contribution in [-0.4, -0.2) is 17.4 Å². The quantitative estimate of drug-likeness (QED) is 0.144. The molecule has 2 rings (SSSR count). The van der Waals surface area contributed by atoms with Gasteiger partial charge in [-0.2, -0.15) is 13.2 Å². The van der Waals surface area contributed by atoms with E-state index in [1.807, 2.05) is 0 Å². The van der Waals surface area contributed by atoms with Crippen LogP contribution in [-0.2, 0) is 19.3 Å².